The lowest BCUT2D eigenvalue weighted by Gasteiger charge is -2.28. The fourth-order valence-electron chi connectivity index (χ4n) is 5.78. The Labute approximate surface area is 276 Å². The summed E-state index contributed by atoms with van der Waals surface area (Å²) >= 11 is 0. The zero-order chi connectivity index (χ0) is 34.7. The van der Waals surface area contributed by atoms with Crippen LogP contribution in [-0.4, -0.2) is 83.0 Å². The number of carbonyl (C=O) groups excluding carboxylic acids is 6. The normalized spacial score (nSPS) is 17.2. The van der Waals surface area contributed by atoms with E-state index in [0.717, 1.165) is 5.56 Å². The number of carbonyl (C=O) groups is 6. The van der Waals surface area contributed by atoms with Crippen molar-refractivity contribution in [2.45, 2.75) is 77.8 Å². The Morgan fingerprint density at radius 2 is 1.35 bits per heavy atom. The fraction of sp³-hybridized carbons (Fsp3) is 0.419. The molecule has 5 rings (SSSR count). The van der Waals surface area contributed by atoms with Gasteiger partial charge in [-0.15, -0.1) is 5.06 Å². The number of hydrogen-bond acceptors (Lipinski definition) is 11. The zero-order valence-corrected chi connectivity index (χ0v) is 26.7. The molecule has 1 fully saturated rings. The van der Waals surface area contributed by atoms with Gasteiger partial charge in [0, 0.05) is 30.0 Å². The molecule has 0 saturated carbocycles. The van der Waals surface area contributed by atoms with Gasteiger partial charge in [-0.2, -0.15) is 0 Å². The minimum atomic E-state index is -1.37. The van der Waals surface area contributed by atoms with Crippen molar-refractivity contribution in [1.82, 2.24) is 21.0 Å². The van der Waals surface area contributed by atoms with Crippen LogP contribution in [0.25, 0.3) is 0 Å². The highest BCUT2D eigenvalue weighted by atomic mass is 16.7. The minimum absolute atomic E-state index is 0.0116. The molecule has 3 aliphatic heterocycles. The highest BCUT2D eigenvalue weighted by molar-refractivity contribution is 6.62. The summed E-state index contributed by atoms with van der Waals surface area (Å²) < 4.78 is 10.4. The van der Waals surface area contributed by atoms with Gasteiger partial charge in [0.1, 0.15) is 6.04 Å². The van der Waals surface area contributed by atoms with E-state index >= 15 is 0 Å². The predicted molar refractivity (Wildman–Crippen MR) is 169 cm³/mol. The molecule has 2 aromatic rings. The van der Waals surface area contributed by atoms with Gasteiger partial charge in [-0.3, -0.25) is 24.0 Å². The maximum Gasteiger partial charge on any atom is 0.491 e. The first-order valence-electron chi connectivity index (χ1n) is 15.6. The molecule has 0 radical (unpaired) electrons. The first-order chi connectivity index (χ1) is 22.8. The number of nitrogens with one attached hydrogen (secondary N) is 3. The number of rotatable bonds is 12. The number of nitrogens with zero attached hydrogens (tertiary/aromatic N) is 1. The summed E-state index contributed by atoms with van der Waals surface area (Å²) in [6, 6.07) is 6.09. The van der Waals surface area contributed by atoms with Crippen LogP contribution in [0, 0.1) is 5.92 Å². The predicted octanol–water partition coefficient (Wildman–Crippen LogP) is -1.43. The van der Waals surface area contributed by atoms with Crippen LogP contribution in [0.1, 0.15) is 78.3 Å². The highest BCUT2D eigenvalue weighted by Gasteiger charge is 2.36. The van der Waals surface area contributed by atoms with Gasteiger partial charge in [0.15, 0.2) is 0 Å². The number of hydrogen-bond donors (Lipinski definition) is 5. The SMILES string of the molecule is CC(C)C[C@@H](CC(=O)ON1C(=O)CCC1=O)NC(=O)[C@@H](NC(=O)c1ccc2c(c1)B(O)OC2)[C@H](C)NC(=O)c1ccc2c(c1)B(O)OC2. The molecule has 0 unspecified atom stereocenters. The number of hydroxylamine groups is 2. The molecule has 0 spiro atoms. The standard InChI is InChI=1S/C31H36B2N4O11/c1-16(2)10-22(13-27(40)48-37-25(38)8-9-26(37)39)35-31(43)28(36-30(42)19-5-7-21-15-47-33(45)24(21)12-19)17(3)34-29(41)18-4-6-20-14-46-32(44)23(20)11-18/h4-7,11-12,16-17,22,28,44-45H,8-10,13-15H2,1-3H3,(H,34,41)(H,35,43)(H,36,42)/t17-,22-,28-/m0/s1. The van der Waals surface area contributed by atoms with Gasteiger partial charge < -0.3 is 40.1 Å². The smallest absolute Gasteiger partial charge is 0.423 e. The summed E-state index contributed by atoms with van der Waals surface area (Å²) in [5, 5.41) is 28.8. The van der Waals surface area contributed by atoms with Crippen molar-refractivity contribution in [3.8, 4) is 0 Å². The summed E-state index contributed by atoms with van der Waals surface area (Å²) in [5.41, 5.74) is 2.62. The van der Waals surface area contributed by atoms with Crippen LogP contribution < -0.4 is 26.9 Å². The molecule has 3 atom stereocenters. The molecule has 0 bridgehead atoms. The van der Waals surface area contributed by atoms with Gasteiger partial charge in [-0.05, 0) is 65.6 Å². The van der Waals surface area contributed by atoms with E-state index in [4.69, 9.17) is 14.1 Å². The number of fused-ring (bicyclic) bond motifs is 2. The second kappa shape index (κ2) is 14.7. The molecule has 252 valence electrons. The van der Waals surface area contributed by atoms with E-state index in [-0.39, 0.29) is 49.5 Å². The van der Waals surface area contributed by atoms with Crippen molar-refractivity contribution in [3.05, 3.63) is 58.7 Å². The molecule has 17 heteroatoms. The van der Waals surface area contributed by atoms with Crippen LogP contribution in [0.4, 0.5) is 0 Å². The van der Waals surface area contributed by atoms with Crippen LogP contribution in [0.5, 0.6) is 0 Å². The molecule has 5 amide bonds. The van der Waals surface area contributed by atoms with Crippen molar-refractivity contribution in [3.63, 3.8) is 0 Å². The molecule has 1 saturated heterocycles. The number of imide groups is 1. The quantitative estimate of drug-likeness (QED) is 0.131. The number of amides is 5. The van der Waals surface area contributed by atoms with Gasteiger partial charge in [-0.1, -0.05) is 26.0 Å². The van der Waals surface area contributed by atoms with E-state index < -0.39 is 67.9 Å². The Morgan fingerprint density at radius 1 is 0.833 bits per heavy atom. The van der Waals surface area contributed by atoms with Crippen LogP contribution in [0.2, 0.25) is 0 Å². The average molecular weight is 662 g/mol. The lowest BCUT2D eigenvalue weighted by atomic mass is 9.78. The molecule has 0 aromatic heterocycles. The molecule has 2 aromatic carbocycles. The summed E-state index contributed by atoms with van der Waals surface area (Å²) in [6.07, 6.45) is -0.227. The Kier molecular flexibility index (Phi) is 10.6. The molecular formula is C31H36B2N4O11. The summed E-state index contributed by atoms with van der Waals surface area (Å²) in [5.74, 6) is -4.19. The first-order valence-corrected chi connectivity index (χ1v) is 15.6. The number of benzene rings is 2. The Bertz CT molecular complexity index is 1620. The lowest BCUT2D eigenvalue weighted by Crippen LogP contribution is -2.59. The third-order valence-corrected chi connectivity index (χ3v) is 8.28. The lowest BCUT2D eigenvalue weighted by molar-refractivity contribution is -0.197. The van der Waals surface area contributed by atoms with E-state index in [1.807, 2.05) is 13.8 Å². The van der Waals surface area contributed by atoms with Crippen LogP contribution in [0.15, 0.2) is 36.4 Å². The van der Waals surface area contributed by atoms with Crippen LogP contribution >= 0.6 is 0 Å². The van der Waals surface area contributed by atoms with Crippen molar-refractivity contribution < 1.29 is 53.0 Å². The fourth-order valence-corrected chi connectivity index (χ4v) is 5.78. The zero-order valence-electron chi connectivity index (χ0n) is 26.7. The van der Waals surface area contributed by atoms with Crippen molar-refractivity contribution in [2.75, 3.05) is 0 Å². The van der Waals surface area contributed by atoms with E-state index in [1.165, 1.54) is 25.1 Å². The first kappa shape index (κ1) is 34.8. The van der Waals surface area contributed by atoms with E-state index in [0.29, 0.717) is 28.0 Å². The summed E-state index contributed by atoms with van der Waals surface area (Å²) in [4.78, 5) is 82.3. The van der Waals surface area contributed by atoms with E-state index in [2.05, 4.69) is 16.0 Å². The largest absolute Gasteiger partial charge is 0.491 e. The van der Waals surface area contributed by atoms with Crippen molar-refractivity contribution >= 4 is 60.7 Å². The topological polar surface area (TPSA) is 210 Å². The maximum absolute atomic E-state index is 13.9. The van der Waals surface area contributed by atoms with Crippen LogP contribution in [-0.2, 0) is 46.5 Å². The van der Waals surface area contributed by atoms with E-state index in [9.17, 15) is 38.8 Å². The molecule has 15 nitrogen and oxygen atoms in total. The average Bonchev–Trinajstić information content (AvgIpc) is 3.70. The van der Waals surface area contributed by atoms with Crippen molar-refractivity contribution in [1.29, 1.82) is 0 Å². The molecule has 48 heavy (non-hydrogen) atoms. The molecule has 5 N–H and O–H groups in total. The third kappa shape index (κ3) is 7.93. The minimum Gasteiger partial charge on any atom is -0.423 e. The van der Waals surface area contributed by atoms with Gasteiger partial charge in [0.2, 0.25) is 5.91 Å². The second-order valence-corrected chi connectivity index (χ2v) is 12.5. The Balaban J connectivity index is 1.34. The highest BCUT2D eigenvalue weighted by Crippen LogP contribution is 2.17. The van der Waals surface area contributed by atoms with Gasteiger partial charge in [0.05, 0.1) is 25.7 Å². The molecule has 3 heterocycles. The van der Waals surface area contributed by atoms with Gasteiger partial charge in [-0.25, -0.2) is 4.79 Å². The molecular weight excluding hydrogens is 626 g/mol. The third-order valence-electron chi connectivity index (χ3n) is 8.28. The Hall–Kier alpha value is -4.57. The van der Waals surface area contributed by atoms with Gasteiger partial charge in [0.25, 0.3) is 23.6 Å². The van der Waals surface area contributed by atoms with Crippen LogP contribution in [0.3, 0.4) is 0 Å². The monoisotopic (exact) mass is 662 g/mol. The van der Waals surface area contributed by atoms with Gasteiger partial charge >= 0.3 is 20.2 Å². The molecule has 0 aliphatic carbocycles. The summed E-state index contributed by atoms with van der Waals surface area (Å²) in [7, 11) is -2.38. The second-order valence-electron chi connectivity index (χ2n) is 12.5. The Morgan fingerprint density at radius 3 is 1.88 bits per heavy atom. The maximum atomic E-state index is 13.9. The summed E-state index contributed by atoms with van der Waals surface area (Å²) in [6.45, 7) is 5.63. The molecule has 3 aliphatic rings. The van der Waals surface area contributed by atoms with E-state index in [1.54, 1.807) is 18.2 Å². The van der Waals surface area contributed by atoms with Crippen molar-refractivity contribution in [2.24, 2.45) is 5.92 Å².